The van der Waals surface area contributed by atoms with E-state index in [-0.39, 0.29) is 6.04 Å². The summed E-state index contributed by atoms with van der Waals surface area (Å²) >= 11 is 0. The molecule has 90 valence electrons. The quantitative estimate of drug-likeness (QED) is 0.863. The number of nitrogens with one attached hydrogen (secondary N) is 1. The highest BCUT2D eigenvalue weighted by Crippen LogP contribution is 2.28. The standard InChI is InChI=1S/C11H15F3N2/c1-3-8(2)16-6-9-4-10(7-15-5-9)11(12,13)14/h4-5,7-8,16H,3,6H2,1-2H3. The molecule has 1 N–H and O–H groups in total. The van der Waals surface area contributed by atoms with Crippen molar-refractivity contribution in [2.75, 3.05) is 0 Å². The zero-order valence-electron chi connectivity index (χ0n) is 9.30. The van der Waals surface area contributed by atoms with Gasteiger partial charge in [0.15, 0.2) is 0 Å². The van der Waals surface area contributed by atoms with E-state index < -0.39 is 11.7 Å². The Balaban J connectivity index is 2.68. The van der Waals surface area contributed by atoms with E-state index in [1.54, 1.807) is 0 Å². The summed E-state index contributed by atoms with van der Waals surface area (Å²) in [5.74, 6) is 0. The molecule has 1 aromatic rings. The summed E-state index contributed by atoms with van der Waals surface area (Å²) < 4.78 is 37.1. The van der Waals surface area contributed by atoms with Crippen LogP contribution in [0.25, 0.3) is 0 Å². The average Bonchev–Trinajstić information content (AvgIpc) is 2.25. The van der Waals surface area contributed by atoms with Crippen molar-refractivity contribution < 1.29 is 13.2 Å². The number of aromatic nitrogens is 1. The fourth-order valence-corrected chi connectivity index (χ4v) is 1.18. The Morgan fingerprint density at radius 3 is 2.62 bits per heavy atom. The summed E-state index contributed by atoms with van der Waals surface area (Å²) in [6.07, 6.45) is -1.09. The van der Waals surface area contributed by atoms with E-state index >= 15 is 0 Å². The zero-order chi connectivity index (χ0) is 12.2. The van der Waals surface area contributed by atoms with Gasteiger partial charge in [0, 0.05) is 25.0 Å². The maximum absolute atomic E-state index is 12.4. The van der Waals surface area contributed by atoms with Gasteiger partial charge in [-0.25, -0.2) is 0 Å². The van der Waals surface area contributed by atoms with Gasteiger partial charge in [-0.05, 0) is 25.0 Å². The van der Waals surface area contributed by atoms with Crippen molar-refractivity contribution in [1.82, 2.24) is 10.3 Å². The Bertz CT molecular complexity index is 336. The lowest BCUT2D eigenvalue weighted by Gasteiger charge is -2.12. The number of halogens is 3. The van der Waals surface area contributed by atoms with Gasteiger partial charge in [-0.15, -0.1) is 0 Å². The Kier molecular flexibility index (Phi) is 4.29. The van der Waals surface area contributed by atoms with Gasteiger partial charge in [0.25, 0.3) is 0 Å². The first kappa shape index (κ1) is 13.0. The summed E-state index contributed by atoms with van der Waals surface area (Å²) in [5, 5.41) is 3.12. The molecule has 1 atom stereocenters. The highest BCUT2D eigenvalue weighted by molar-refractivity contribution is 5.20. The molecule has 1 heterocycles. The SMILES string of the molecule is CCC(C)NCc1cncc(C(F)(F)F)c1. The average molecular weight is 232 g/mol. The zero-order valence-corrected chi connectivity index (χ0v) is 9.30. The van der Waals surface area contributed by atoms with Gasteiger partial charge in [0.2, 0.25) is 0 Å². The Hall–Kier alpha value is -1.10. The van der Waals surface area contributed by atoms with Crippen LogP contribution >= 0.6 is 0 Å². The largest absolute Gasteiger partial charge is 0.417 e. The van der Waals surface area contributed by atoms with Crippen LogP contribution in [0.3, 0.4) is 0 Å². The van der Waals surface area contributed by atoms with Gasteiger partial charge in [0.05, 0.1) is 5.56 Å². The van der Waals surface area contributed by atoms with E-state index in [0.717, 1.165) is 18.7 Å². The van der Waals surface area contributed by atoms with E-state index in [9.17, 15) is 13.2 Å². The molecule has 2 nitrogen and oxygen atoms in total. The molecule has 5 heteroatoms. The van der Waals surface area contributed by atoms with Crippen LogP contribution in [-0.2, 0) is 12.7 Å². The second kappa shape index (κ2) is 5.30. The summed E-state index contributed by atoms with van der Waals surface area (Å²) in [5.41, 5.74) is -0.147. The minimum Gasteiger partial charge on any atom is -0.310 e. The molecule has 0 saturated carbocycles. The molecule has 16 heavy (non-hydrogen) atoms. The number of hydrogen-bond acceptors (Lipinski definition) is 2. The van der Waals surface area contributed by atoms with Crippen molar-refractivity contribution in [2.45, 2.75) is 39.0 Å². The molecule has 0 saturated heterocycles. The lowest BCUT2D eigenvalue weighted by molar-refractivity contribution is -0.137. The number of rotatable bonds is 4. The lowest BCUT2D eigenvalue weighted by Crippen LogP contribution is -2.24. The highest BCUT2D eigenvalue weighted by atomic mass is 19.4. The van der Waals surface area contributed by atoms with Gasteiger partial charge < -0.3 is 5.32 Å². The van der Waals surface area contributed by atoms with E-state index in [2.05, 4.69) is 10.3 Å². The van der Waals surface area contributed by atoms with Crippen molar-refractivity contribution in [3.05, 3.63) is 29.6 Å². The summed E-state index contributed by atoms with van der Waals surface area (Å²) in [4.78, 5) is 3.59. The fraction of sp³-hybridized carbons (Fsp3) is 0.545. The predicted octanol–water partition coefficient (Wildman–Crippen LogP) is 2.99. The van der Waals surface area contributed by atoms with Crippen LogP contribution in [-0.4, -0.2) is 11.0 Å². The van der Waals surface area contributed by atoms with Crippen molar-refractivity contribution in [3.63, 3.8) is 0 Å². The molecule has 0 radical (unpaired) electrons. The highest BCUT2D eigenvalue weighted by Gasteiger charge is 2.30. The Labute approximate surface area is 92.9 Å². The maximum atomic E-state index is 12.4. The first-order chi connectivity index (χ1) is 7.43. The molecule has 1 unspecified atom stereocenters. The van der Waals surface area contributed by atoms with Crippen molar-refractivity contribution in [3.8, 4) is 0 Å². The number of alkyl halides is 3. The minimum atomic E-state index is -4.32. The minimum absolute atomic E-state index is 0.287. The Morgan fingerprint density at radius 1 is 1.38 bits per heavy atom. The van der Waals surface area contributed by atoms with E-state index in [1.165, 1.54) is 6.20 Å². The number of nitrogens with zero attached hydrogens (tertiary/aromatic N) is 1. The molecule has 0 aromatic carbocycles. The van der Waals surface area contributed by atoms with E-state index in [1.807, 2.05) is 13.8 Å². The second-order valence-electron chi connectivity index (χ2n) is 3.77. The maximum Gasteiger partial charge on any atom is 0.417 e. The molecule has 0 bridgehead atoms. The predicted molar refractivity (Wildman–Crippen MR) is 55.8 cm³/mol. The molecular formula is C11H15F3N2. The smallest absolute Gasteiger partial charge is 0.310 e. The fourth-order valence-electron chi connectivity index (χ4n) is 1.18. The van der Waals surface area contributed by atoms with Gasteiger partial charge in [-0.1, -0.05) is 6.92 Å². The van der Waals surface area contributed by atoms with Crippen LogP contribution in [0.1, 0.15) is 31.4 Å². The molecule has 0 amide bonds. The lowest BCUT2D eigenvalue weighted by atomic mass is 10.2. The van der Waals surface area contributed by atoms with E-state index in [0.29, 0.717) is 12.1 Å². The van der Waals surface area contributed by atoms with Crippen molar-refractivity contribution >= 4 is 0 Å². The van der Waals surface area contributed by atoms with Gasteiger partial charge in [0.1, 0.15) is 0 Å². The monoisotopic (exact) mass is 232 g/mol. The third kappa shape index (κ3) is 3.81. The normalized spacial score (nSPS) is 13.8. The molecular weight excluding hydrogens is 217 g/mol. The molecule has 0 fully saturated rings. The summed E-state index contributed by atoms with van der Waals surface area (Å²) in [6.45, 7) is 4.41. The second-order valence-corrected chi connectivity index (χ2v) is 3.77. The third-order valence-corrected chi connectivity index (χ3v) is 2.39. The van der Waals surface area contributed by atoms with Crippen molar-refractivity contribution in [2.24, 2.45) is 0 Å². The molecule has 0 aliphatic rings. The van der Waals surface area contributed by atoms with Crippen LogP contribution in [0, 0.1) is 0 Å². The van der Waals surface area contributed by atoms with Crippen LogP contribution in [0.4, 0.5) is 13.2 Å². The molecule has 0 spiro atoms. The number of hydrogen-bond donors (Lipinski definition) is 1. The van der Waals surface area contributed by atoms with Gasteiger partial charge >= 0.3 is 6.18 Å². The molecule has 1 rings (SSSR count). The molecule has 0 aliphatic carbocycles. The van der Waals surface area contributed by atoms with Crippen molar-refractivity contribution in [1.29, 1.82) is 0 Å². The first-order valence-electron chi connectivity index (χ1n) is 5.18. The van der Waals surface area contributed by atoms with E-state index in [4.69, 9.17) is 0 Å². The van der Waals surface area contributed by atoms with Crippen LogP contribution < -0.4 is 5.32 Å². The third-order valence-electron chi connectivity index (χ3n) is 2.39. The van der Waals surface area contributed by atoms with Crippen LogP contribution in [0.15, 0.2) is 18.5 Å². The van der Waals surface area contributed by atoms with Gasteiger partial charge in [-0.2, -0.15) is 13.2 Å². The molecule has 1 aromatic heterocycles. The summed E-state index contributed by atoms with van der Waals surface area (Å²) in [6, 6.07) is 1.41. The first-order valence-corrected chi connectivity index (χ1v) is 5.18. The van der Waals surface area contributed by atoms with Gasteiger partial charge in [-0.3, -0.25) is 4.98 Å². The molecule has 0 aliphatic heterocycles. The topological polar surface area (TPSA) is 24.9 Å². The number of pyridine rings is 1. The van der Waals surface area contributed by atoms with Crippen LogP contribution in [0.2, 0.25) is 0 Å². The summed E-state index contributed by atoms with van der Waals surface area (Å²) in [7, 11) is 0. The Morgan fingerprint density at radius 2 is 2.06 bits per heavy atom. The van der Waals surface area contributed by atoms with Crippen LogP contribution in [0.5, 0.6) is 0 Å².